The number of carbonyl (C=O) groups is 1. The minimum atomic E-state index is -0.0606. The first kappa shape index (κ1) is 17.2. The predicted octanol–water partition coefficient (Wildman–Crippen LogP) is 3.99. The molecule has 1 N–H and O–H groups in total. The standard InChI is InChI=1S/C17H20N4O.ClH/c1-11(2)8-9-16-19-15-10-18-14-7-5-4-6-13(14)17(15)21(20-16)12(3)22;/h4-7,10-11H,8-9H2,1-3H3,(H,19,20);1H. The molecule has 2 aromatic rings. The van der Waals surface area contributed by atoms with Crippen LogP contribution in [0.4, 0.5) is 11.4 Å². The van der Waals surface area contributed by atoms with Crippen LogP contribution < -0.4 is 10.4 Å². The van der Waals surface area contributed by atoms with E-state index in [0.717, 1.165) is 41.0 Å². The first-order valence-corrected chi connectivity index (χ1v) is 7.59. The minimum absolute atomic E-state index is 0. The third kappa shape index (κ3) is 3.45. The van der Waals surface area contributed by atoms with Crippen molar-refractivity contribution < 1.29 is 4.79 Å². The van der Waals surface area contributed by atoms with Gasteiger partial charge in [-0.2, -0.15) is 0 Å². The number of anilines is 1. The molecule has 1 amide bonds. The van der Waals surface area contributed by atoms with Crippen molar-refractivity contribution in [3.8, 4) is 0 Å². The maximum Gasteiger partial charge on any atom is 0.242 e. The lowest BCUT2D eigenvalue weighted by Crippen LogP contribution is -2.47. The third-order valence-electron chi connectivity index (χ3n) is 3.72. The van der Waals surface area contributed by atoms with E-state index in [0.29, 0.717) is 5.92 Å². The summed E-state index contributed by atoms with van der Waals surface area (Å²) in [6.45, 7) is 5.90. The van der Waals surface area contributed by atoms with Crippen molar-refractivity contribution in [3.63, 3.8) is 0 Å². The normalized spacial score (nSPS) is 13.2. The highest BCUT2D eigenvalue weighted by Gasteiger charge is 2.24. The van der Waals surface area contributed by atoms with Gasteiger partial charge in [-0.25, -0.2) is 10.0 Å². The van der Waals surface area contributed by atoms with Gasteiger partial charge in [0.15, 0.2) is 0 Å². The lowest BCUT2D eigenvalue weighted by atomic mass is 10.1. The van der Waals surface area contributed by atoms with Gasteiger partial charge in [0.2, 0.25) is 5.91 Å². The number of nitrogens with one attached hydrogen (secondary N) is 1. The summed E-state index contributed by atoms with van der Waals surface area (Å²) in [5.74, 6) is 1.34. The number of fused-ring (bicyclic) bond motifs is 3. The van der Waals surface area contributed by atoms with Crippen LogP contribution in [0.5, 0.6) is 0 Å². The van der Waals surface area contributed by atoms with Crippen LogP contribution in [0.15, 0.2) is 35.5 Å². The summed E-state index contributed by atoms with van der Waals surface area (Å²) in [6.07, 6.45) is 3.57. The molecule has 1 aliphatic rings. The summed E-state index contributed by atoms with van der Waals surface area (Å²) in [6, 6.07) is 7.79. The number of aliphatic imine (C=N–C) groups is 1. The van der Waals surface area contributed by atoms with Crippen LogP contribution in [0.25, 0.3) is 10.9 Å². The number of hydrogen-bond acceptors (Lipinski definition) is 4. The molecule has 0 saturated carbocycles. The molecule has 5 nitrogen and oxygen atoms in total. The van der Waals surface area contributed by atoms with Gasteiger partial charge < -0.3 is 0 Å². The molecule has 0 unspecified atom stereocenters. The van der Waals surface area contributed by atoms with Crippen LogP contribution in [0.3, 0.4) is 0 Å². The van der Waals surface area contributed by atoms with Crippen molar-refractivity contribution in [1.82, 2.24) is 10.4 Å². The van der Waals surface area contributed by atoms with Crippen molar-refractivity contribution in [2.45, 2.75) is 33.6 Å². The Morgan fingerprint density at radius 3 is 2.74 bits per heavy atom. The van der Waals surface area contributed by atoms with E-state index < -0.39 is 0 Å². The molecule has 3 rings (SSSR count). The molecule has 2 heterocycles. The fraction of sp³-hybridized carbons (Fsp3) is 0.353. The zero-order chi connectivity index (χ0) is 15.7. The van der Waals surface area contributed by atoms with E-state index in [1.165, 1.54) is 0 Å². The molecule has 0 spiro atoms. The number of hydrazine groups is 1. The van der Waals surface area contributed by atoms with Gasteiger partial charge in [0.25, 0.3) is 0 Å². The fourth-order valence-corrected chi connectivity index (χ4v) is 2.56. The molecule has 0 atom stereocenters. The highest BCUT2D eigenvalue weighted by atomic mass is 35.5. The Morgan fingerprint density at radius 1 is 1.30 bits per heavy atom. The summed E-state index contributed by atoms with van der Waals surface area (Å²) < 4.78 is 0. The van der Waals surface area contributed by atoms with Crippen molar-refractivity contribution in [1.29, 1.82) is 0 Å². The zero-order valence-electron chi connectivity index (χ0n) is 13.5. The SMILES string of the molecule is CC(=O)N1NC(CCC(C)C)=Nc2cnc3ccccc3c21.Cl. The molecule has 0 saturated heterocycles. The molecular weight excluding hydrogens is 312 g/mol. The molecule has 1 aromatic heterocycles. The number of pyridine rings is 1. The van der Waals surface area contributed by atoms with E-state index in [1.54, 1.807) is 18.1 Å². The largest absolute Gasteiger partial charge is 0.278 e. The molecule has 23 heavy (non-hydrogen) atoms. The lowest BCUT2D eigenvalue weighted by molar-refractivity contribution is -0.117. The first-order valence-electron chi connectivity index (χ1n) is 7.59. The van der Waals surface area contributed by atoms with Gasteiger partial charge in [-0.3, -0.25) is 15.2 Å². The van der Waals surface area contributed by atoms with Gasteiger partial charge in [0, 0.05) is 18.7 Å². The Bertz CT molecular complexity index is 757. The van der Waals surface area contributed by atoms with E-state index >= 15 is 0 Å². The smallest absolute Gasteiger partial charge is 0.242 e. The number of benzene rings is 1. The Hall–Kier alpha value is -2.14. The molecule has 1 aromatic carbocycles. The van der Waals surface area contributed by atoms with Crippen molar-refractivity contribution in [2.24, 2.45) is 10.9 Å². The van der Waals surface area contributed by atoms with E-state index in [1.807, 2.05) is 24.3 Å². The van der Waals surface area contributed by atoms with Crippen LogP contribution in [0, 0.1) is 5.92 Å². The Balaban J connectivity index is 0.00000192. The maximum atomic E-state index is 12.1. The van der Waals surface area contributed by atoms with Gasteiger partial charge in [-0.15, -0.1) is 12.4 Å². The van der Waals surface area contributed by atoms with E-state index in [2.05, 4.69) is 29.2 Å². The van der Waals surface area contributed by atoms with E-state index in [-0.39, 0.29) is 18.3 Å². The molecular formula is C17H21ClN4O. The molecule has 0 radical (unpaired) electrons. The maximum absolute atomic E-state index is 12.1. The van der Waals surface area contributed by atoms with Gasteiger partial charge in [-0.05, 0) is 18.4 Å². The zero-order valence-corrected chi connectivity index (χ0v) is 14.4. The average molecular weight is 333 g/mol. The van der Waals surface area contributed by atoms with Gasteiger partial charge >= 0.3 is 0 Å². The monoisotopic (exact) mass is 332 g/mol. The lowest BCUT2D eigenvalue weighted by Gasteiger charge is -2.30. The van der Waals surface area contributed by atoms with Crippen LogP contribution in [-0.2, 0) is 4.79 Å². The Kier molecular flexibility index (Phi) is 5.21. The van der Waals surface area contributed by atoms with Crippen molar-refractivity contribution in [2.75, 3.05) is 5.01 Å². The van der Waals surface area contributed by atoms with E-state index in [4.69, 9.17) is 0 Å². The Labute approximate surface area is 142 Å². The molecule has 0 fully saturated rings. The van der Waals surface area contributed by atoms with Gasteiger partial charge in [0.1, 0.15) is 17.2 Å². The van der Waals surface area contributed by atoms with Gasteiger partial charge in [0.05, 0.1) is 11.7 Å². The third-order valence-corrected chi connectivity index (χ3v) is 3.72. The molecule has 0 aliphatic carbocycles. The molecule has 1 aliphatic heterocycles. The second kappa shape index (κ2) is 6.96. The van der Waals surface area contributed by atoms with E-state index in [9.17, 15) is 4.79 Å². The predicted molar refractivity (Wildman–Crippen MR) is 96.5 cm³/mol. The number of hydrogen-bond donors (Lipinski definition) is 1. The first-order chi connectivity index (χ1) is 10.6. The molecule has 122 valence electrons. The summed E-state index contributed by atoms with van der Waals surface area (Å²) >= 11 is 0. The number of aromatic nitrogens is 1. The summed E-state index contributed by atoms with van der Waals surface area (Å²) in [7, 11) is 0. The van der Waals surface area contributed by atoms with Crippen molar-refractivity contribution >= 4 is 46.4 Å². The number of para-hydroxylation sites is 1. The number of carbonyl (C=O) groups excluding carboxylic acids is 1. The quantitative estimate of drug-likeness (QED) is 0.924. The molecule has 0 bridgehead atoms. The van der Waals surface area contributed by atoms with Crippen LogP contribution in [0.2, 0.25) is 0 Å². The van der Waals surface area contributed by atoms with Crippen LogP contribution in [-0.4, -0.2) is 16.7 Å². The highest BCUT2D eigenvalue weighted by molar-refractivity contribution is 6.10. The van der Waals surface area contributed by atoms with Crippen molar-refractivity contribution in [3.05, 3.63) is 30.5 Å². The summed E-state index contributed by atoms with van der Waals surface area (Å²) in [5, 5.41) is 2.51. The number of amides is 1. The summed E-state index contributed by atoms with van der Waals surface area (Å²) in [4.78, 5) is 21.2. The van der Waals surface area contributed by atoms with Crippen LogP contribution >= 0.6 is 12.4 Å². The molecule has 6 heteroatoms. The average Bonchev–Trinajstić information content (AvgIpc) is 2.51. The topological polar surface area (TPSA) is 57.6 Å². The van der Waals surface area contributed by atoms with Gasteiger partial charge in [-0.1, -0.05) is 32.0 Å². The Morgan fingerprint density at radius 2 is 2.04 bits per heavy atom. The highest BCUT2D eigenvalue weighted by Crippen LogP contribution is 2.36. The minimum Gasteiger partial charge on any atom is -0.278 e. The van der Waals surface area contributed by atoms with Crippen LogP contribution in [0.1, 0.15) is 33.6 Å². The number of nitrogens with zero attached hydrogens (tertiary/aromatic N) is 3. The number of halogens is 1. The number of amidine groups is 1. The number of rotatable bonds is 3. The second-order valence-electron chi connectivity index (χ2n) is 5.97. The second-order valence-corrected chi connectivity index (χ2v) is 5.97. The summed E-state index contributed by atoms with van der Waals surface area (Å²) in [5.41, 5.74) is 5.54. The fourth-order valence-electron chi connectivity index (χ4n) is 2.56.